The van der Waals surface area contributed by atoms with Crippen molar-refractivity contribution in [2.75, 3.05) is 0 Å². The minimum atomic E-state index is 0.743. The van der Waals surface area contributed by atoms with Gasteiger partial charge in [-0.2, -0.15) is 0 Å². The van der Waals surface area contributed by atoms with Crippen LogP contribution in [0.2, 0.25) is 5.15 Å². The first-order valence-electron chi connectivity index (χ1n) is 7.34. The highest BCUT2D eigenvalue weighted by Crippen LogP contribution is 2.37. The third-order valence-electron chi connectivity index (χ3n) is 4.43. The number of halogens is 1. The number of nitrogens with zero attached hydrogens (tertiary/aromatic N) is 1. The van der Waals surface area contributed by atoms with Gasteiger partial charge < -0.3 is 0 Å². The normalized spacial score (nSPS) is 11.9. The van der Waals surface area contributed by atoms with Gasteiger partial charge in [-0.3, -0.25) is 4.40 Å². The first kappa shape index (κ1) is 12.1. The van der Waals surface area contributed by atoms with Gasteiger partial charge >= 0.3 is 0 Å². The van der Waals surface area contributed by atoms with Crippen LogP contribution in [0.25, 0.3) is 38.0 Å². The Kier molecular flexibility index (Phi) is 2.33. The monoisotopic (exact) mass is 301 g/mol. The van der Waals surface area contributed by atoms with Crippen molar-refractivity contribution >= 4 is 49.6 Å². The van der Waals surface area contributed by atoms with Crippen LogP contribution in [0.3, 0.4) is 0 Å². The van der Waals surface area contributed by atoms with E-state index in [1.807, 2.05) is 12.1 Å². The first-order valence-corrected chi connectivity index (χ1v) is 7.71. The van der Waals surface area contributed by atoms with E-state index in [1.165, 1.54) is 32.4 Å². The molecule has 0 saturated heterocycles. The maximum absolute atomic E-state index is 6.49. The Morgan fingerprint density at radius 1 is 0.591 bits per heavy atom. The number of pyridine rings is 1. The predicted molar refractivity (Wildman–Crippen MR) is 94.9 cm³/mol. The molecule has 0 aliphatic heterocycles. The fourth-order valence-corrected chi connectivity index (χ4v) is 3.79. The van der Waals surface area contributed by atoms with E-state index in [1.54, 1.807) is 0 Å². The second kappa shape index (κ2) is 4.25. The maximum atomic E-state index is 6.49. The van der Waals surface area contributed by atoms with Gasteiger partial charge in [0.05, 0.1) is 5.52 Å². The highest BCUT2D eigenvalue weighted by Gasteiger charge is 2.13. The Bertz CT molecular complexity index is 1180. The number of benzene rings is 3. The fraction of sp³-hybridized carbons (Fsp3) is 0. The van der Waals surface area contributed by atoms with Gasteiger partial charge in [0.1, 0.15) is 5.15 Å². The van der Waals surface area contributed by atoms with E-state index in [0.717, 1.165) is 10.7 Å². The lowest BCUT2D eigenvalue weighted by molar-refractivity contribution is 1.26. The lowest BCUT2D eigenvalue weighted by atomic mass is 9.98. The summed E-state index contributed by atoms with van der Waals surface area (Å²) in [7, 11) is 0. The Hall–Kier alpha value is -2.51. The molecule has 0 spiro atoms. The quantitative estimate of drug-likeness (QED) is 0.242. The first-order chi connectivity index (χ1) is 10.8. The molecule has 5 aromatic rings. The molecule has 0 N–H and O–H groups in total. The van der Waals surface area contributed by atoms with Crippen LogP contribution in [-0.4, -0.2) is 4.40 Å². The lowest BCUT2D eigenvalue weighted by Gasteiger charge is -2.08. The summed E-state index contributed by atoms with van der Waals surface area (Å²) in [5, 5.41) is 7.07. The summed E-state index contributed by atoms with van der Waals surface area (Å²) in [6.45, 7) is 0. The molecule has 0 radical (unpaired) electrons. The molecule has 0 saturated carbocycles. The summed E-state index contributed by atoms with van der Waals surface area (Å²) in [6, 6.07) is 25.4. The predicted octanol–water partition coefficient (Wildman–Crippen LogP) is 6.05. The average Bonchev–Trinajstić information content (AvgIpc) is 2.96. The Balaban J connectivity index is 2.26. The van der Waals surface area contributed by atoms with E-state index in [2.05, 4.69) is 65.1 Å². The molecule has 104 valence electrons. The maximum Gasteiger partial charge on any atom is 0.113 e. The molecule has 3 aromatic carbocycles. The van der Waals surface area contributed by atoms with Gasteiger partial charge in [-0.05, 0) is 34.4 Å². The Labute approximate surface area is 132 Å². The molecular formula is C20H12ClN. The topological polar surface area (TPSA) is 4.41 Å². The molecule has 2 heterocycles. The van der Waals surface area contributed by atoms with Crippen LogP contribution in [0.1, 0.15) is 0 Å². The smallest absolute Gasteiger partial charge is 0.113 e. The zero-order valence-corrected chi connectivity index (χ0v) is 12.5. The molecular weight excluding hydrogens is 290 g/mol. The van der Waals surface area contributed by atoms with Gasteiger partial charge in [0.25, 0.3) is 0 Å². The Morgan fingerprint density at radius 2 is 1.18 bits per heavy atom. The van der Waals surface area contributed by atoms with E-state index in [-0.39, 0.29) is 0 Å². The molecule has 5 rings (SSSR count). The molecule has 0 amide bonds. The molecule has 0 atom stereocenters. The van der Waals surface area contributed by atoms with Crippen molar-refractivity contribution in [1.82, 2.24) is 4.40 Å². The number of hydrogen-bond acceptors (Lipinski definition) is 0. The van der Waals surface area contributed by atoms with Gasteiger partial charge in [-0.25, -0.2) is 0 Å². The summed E-state index contributed by atoms with van der Waals surface area (Å²) in [6.07, 6.45) is 0. The van der Waals surface area contributed by atoms with Crippen LogP contribution in [0.15, 0.2) is 72.8 Å². The number of fused-ring (bicyclic) bond motifs is 8. The molecule has 1 nitrogen and oxygen atoms in total. The van der Waals surface area contributed by atoms with E-state index < -0.39 is 0 Å². The third kappa shape index (κ3) is 1.44. The second-order valence-corrected chi connectivity index (χ2v) is 5.99. The molecule has 0 aliphatic carbocycles. The van der Waals surface area contributed by atoms with Gasteiger partial charge in [0.15, 0.2) is 0 Å². The summed E-state index contributed by atoms with van der Waals surface area (Å²) in [5.74, 6) is 0. The van der Waals surface area contributed by atoms with Crippen molar-refractivity contribution in [3.63, 3.8) is 0 Å². The molecule has 0 aliphatic rings. The molecule has 2 aromatic heterocycles. The van der Waals surface area contributed by atoms with Crippen molar-refractivity contribution < 1.29 is 0 Å². The van der Waals surface area contributed by atoms with E-state index in [4.69, 9.17) is 11.6 Å². The van der Waals surface area contributed by atoms with Crippen LogP contribution >= 0.6 is 11.6 Å². The van der Waals surface area contributed by atoms with Crippen LogP contribution in [0, 0.1) is 0 Å². The largest absolute Gasteiger partial charge is 0.300 e. The van der Waals surface area contributed by atoms with Crippen molar-refractivity contribution in [1.29, 1.82) is 0 Å². The summed E-state index contributed by atoms with van der Waals surface area (Å²) in [5.41, 5.74) is 2.32. The minimum Gasteiger partial charge on any atom is -0.300 e. The fourth-order valence-electron chi connectivity index (χ4n) is 3.53. The van der Waals surface area contributed by atoms with E-state index >= 15 is 0 Å². The highest BCUT2D eigenvalue weighted by atomic mass is 35.5. The molecule has 0 fully saturated rings. The zero-order chi connectivity index (χ0) is 14.7. The standard InChI is InChI=1S/C20H12ClN/c21-19-11-5-6-13-12-18-16-9-2-1-7-14(16)15-8-3-4-10-17(15)20(18)22(13)19/h1-12H. The summed E-state index contributed by atoms with van der Waals surface area (Å²) in [4.78, 5) is 0. The highest BCUT2D eigenvalue weighted by molar-refractivity contribution is 6.32. The Morgan fingerprint density at radius 3 is 1.91 bits per heavy atom. The van der Waals surface area contributed by atoms with Crippen molar-refractivity contribution in [2.24, 2.45) is 0 Å². The van der Waals surface area contributed by atoms with Crippen LogP contribution in [-0.2, 0) is 0 Å². The van der Waals surface area contributed by atoms with Gasteiger partial charge in [-0.15, -0.1) is 0 Å². The molecule has 0 unspecified atom stereocenters. The molecule has 2 heteroatoms. The number of aromatic nitrogens is 1. The van der Waals surface area contributed by atoms with Gasteiger partial charge in [0, 0.05) is 16.3 Å². The van der Waals surface area contributed by atoms with E-state index in [9.17, 15) is 0 Å². The van der Waals surface area contributed by atoms with Crippen molar-refractivity contribution in [3.05, 3.63) is 77.9 Å². The van der Waals surface area contributed by atoms with E-state index in [0.29, 0.717) is 0 Å². The molecule has 22 heavy (non-hydrogen) atoms. The summed E-state index contributed by atoms with van der Waals surface area (Å²) >= 11 is 6.49. The van der Waals surface area contributed by atoms with Crippen LogP contribution in [0.5, 0.6) is 0 Å². The van der Waals surface area contributed by atoms with Crippen molar-refractivity contribution in [2.45, 2.75) is 0 Å². The molecule has 0 bridgehead atoms. The second-order valence-electron chi connectivity index (χ2n) is 5.61. The SMILES string of the molecule is Clc1cccc2cc3c4ccccc4c4ccccc4c3n12. The van der Waals surface area contributed by atoms with Crippen molar-refractivity contribution in [3.8, 4) is 0 Å². The van der Waals surface area contributed by atoms with Gasteiger partial charge in [0.2, 0.25) is 0 Å². The van der Waals surface area contributed by atoms with Crippen LogP contribution < -0.4 is 0 Å². The van der Waals surface area contributed by atoms with Gasteiger partial charge in [-0.1, -0.05) is 66.2 Å². The minimum absolute atomic E-state index is 0.743. The number of rotatable bonds is 0. The average molecular weight is 302 g/mol. The zero-order valence-electron chi connectivity index (χ0n) is 11.8. The lowest BCUT2D eigenvalue weighted by Crippen LogP contribution is -1.87. The van der Waals surface area contributed by atoms with Crippen LogP contribution in [0.4, 0.5) is 0 Å². The third-order valence-corrected chi connectivity index (χ3v) is 4.73. The summed E-state index contributed by atoms with van der Waals surface area (Å²) < 4.78 is 2.14. The number of hydrogen-bond donors (Lipinski definition) is 0.